The number of amides is 1. The fourth-order valence-electron chi connectivity index (χ4n) is 1.88. The molecule has 0 radical (unpaired) electrons. The number of methoxy groups -OCH3 is 2. The zero-order valence-corrected chi connectivity index (χ0v) is 11.9. The maximum Gasteiger partial charge on any atom is 0.228 e. The van der Waals surface area contributed by atoms with Gasteiger partial charge in [0.1, 0.15) is 17.2 Å². The number of carbonyl (C=O) groups is 1. The second kappa shape index (κ2) is 6.65. The molecule has 2 aromatic carbocycles. The second-order valence-electron chi connectivity index (χ2n) is 4.49. The molecule has 1 amide bonds. The van der Waals surface area contributed by atoms with E-state index in [1.807, 2.05) is 0 Å². The maximum absolute atomic E-state index is 12.0. The zero-order chi connectivity index (χ0) is 15.2. The van der Waals surface area contributed by atoms with Gasteiger partial charge in [0.15, 0.2) is 0 Å². The number of carbonyl (C=O) groups excluding carboxylic acids is 1. The van der Waals surface area contributed by atoms with Crippen molar-refractivity contribution in [1.82, 2.24) is 0 Å². The standard InChI is InChI=1S/C16H17NO4/c1-20-14-8-12(9-15(10-14)21-2)17-16(19)7-11-3-5-13(18)6-4-11/h3-6,8-10,18H,7H2,1-2H3,(H,17,19). The van der Waals surface area contributed by atoms with Gasteiger partial charge in [0.2, 0.25) is 5.91 Å². The molecule has 0 unspecified atom stereocenters. The monoisotopic (exact) mass is 287 g/mol. The number of phenols is 1. The van der Waals surface area contributed by atoms with Crippen LogP contribution in [0.15, 0.2) is 42.5 Å². The number of anilines is 1. The van der Waals surface area contributed by atoms with Crippen molar-refractivity contribution in [1.29, 1.82) is 0 Å². The highest BCUT2D eigenvalue weighted by atomic mass is 16.5. The summed E-state index contributed by atoms with van der Waals surface area (Å²) in [5.41, 5.74) is 1.43. The molecule has 110 valence electrons. The first-order chi connectivity index (χ1) is 10.1. The van der Waals surface area contributed by atoms with E-state index < -0.39 is 0 Å². The van der Waals surface area contributed by atoms with Crippen LogP contribution in [0.4, 0.5) is 5.69 Å². The predicted octanol–water partition coefficient (Wildman–Crippen LogP) is 2.59. The highest BCUT2D eigenvalue weighted by Crippen LogP contribution is 2.25. The summed E-state index contributed by atoms with van der Waals surface area (Å²) < 4.78 is 10.3. The van der Waals surface area contributed by atoms with E-state index in [2.05, 4.69) is 5.32 Å². The Morgan fingerprint density at radius 1 is 1.05 bits per heavy atom. The summed E-state index contributed by atoms with van der Waals surface area (Å²) in [6.07, 6.45) is 0.222. The third-order valence-electron chi connectivity index (χ3n) is 2.94. The predicted molar refractivity (Wildman–Crippen MR) is 80.0 cm³/mol. The van der Waals surface area contributed by atoms with Crippen LogP contribution in [0, 0.1) is 0 Å². The number of hydrogen-bond donors (Lipinski definition) is 2. The number of benzene rings is 2. The molecule has 0 atom stereocenters. The van der Waals surface area contributed by atoms with Gasteiger partial charge in [0, 0.05) is 23.9 Å². The smallest absolute Gasteiger partial charge is 0.228 e. The molecule has 5 nitrogen and oxygen atoms in total. The fraction of sp³-hybridized carbons (Fsp3) is 0.188. The van der Waals surface area contributed by atoms with Gasteiger partial charge in [-0.05, 0) is 17.7 Å². The molecule has 0 saturated heterocycles. The number of rotatable bonds is 5. The molecule has 0 aliphatic rings. The molecule has 0 aromatic heterocycles. The van der Waals surface area contributed by atoms with Crippen molar-refractivity contribution < 1.29 is 19.4 Å². The summed E-state index contributed by atoms with van der Waals surface area (Å²) >= 11 is 0. The molecule has 0 aliphatic heterocycles. The van der Waals surface area contributed by atoms with Crippen LogP contribution in [0.5, 0.6) is 17.2 Å². The average molecular weight is 287 g/mol. The lowest BCUT2D eigenvalue weighted by Gasteiger charge is -2.10. The first-order valence-electron chi connectivity index (χ1n) is 6.41. The van der Waals surface area contributed by atoms with Gasteiger partial charge < -0.3 is 19.9 Å². The van der Waals surface area contributed by atoms with Crippen molar-refractivity contribution in [3.63, 3.8) is 0 Å². The highest BCUT2D eigenvalue weighted by molar-refractivity contribution is 5.92. The number of aromatic hydroxyl groups is 1. The van der Waals surface area contributed by atoms with E-state index in [1.165, 1.54) is 0 Å². The SMILES string of the molecule is COc1cc(NC(=O)Cc2ccc(O)cc2)cc(OC)c1. The Hall–Kier alpha value is -2.69. The minimum absolute atomic E-state index is 0.156. The van der Waals surface area contributed by atoms with Crippen molar-refractivity contribution in [3.05, 3.63) is 48.0 Å². The molecule has 2 aromatic rings. The summed E-state index contributed by atoms with van der Waals surface area (Å²) in [7, 11) is 3.10. The van der Waals surface area contributed by atoms with E-state index >= 15 is 0 Å². The van der Waals surface area contributed by atoms with Gasteiger partial charge in [-0.2, -0.15) is 0 Å². The largest absolute Gasteiger partial charge is 0.508 e. The minimum Gasteiger partial charge on any atom is -0.508 e. The van der Waals surface area contributed by atoms with Crippen molar-refractivity contribution in [3.8, 4) is 17.2 Å². The summed E-state index contributed by atoms with van der Waals surface area (Å²) in [6.45, 7) is 0. The van der Waals surface area contributed by atoms with E-state index in [0.717, 1.165) is 5.56 Å². The van der Waals surface area contributed by atoms with Gasteiger partial charge in [-0.1, -0.05) is 12.1 Å². The maximum atomic E-state index is 12.0. The summed E-state index contributed by atoms with van der Waals surface area (Å²) in [5.74, 6) is 1.23. The number of hydrogen-bond acceptors (Lipinski definition) is 4. The Morgan fingerprint density at radius 3 is 2.14 bits per heavy atom. The molecule has 0 saturated carbocycles. The lowest BCUT2D eigenvalue weighted by Crippen LogP contribution is -2.14. The third-order valence-corrected chi connectivity index (χ3v) is 2.94. The summed E-state index contributed by atoms with van der Waals surface area (Å²) in [5, 5.41) is 12.0. The molecule has 0 spiro atoms. The molecule has 0 aliphatic carbocycles. The Kier molecular flexibility index (Phi) is 4.66. The average Bonchev–Trinajstić information content (AvgIpc) is 2.49. The summed E-state index contributed by atoms with van der Waals surface area (Å²) in [6, 6.07) is 11.7. The molecule has 2 N–H and O–H groups in total. The van der Waals surface area contributed by atoms with Crippen molar-refractivity contribution in [2.24, 2.45) is 0 Å². The van der Waals surface area contributed by atoms with Crippen LogP contribution in [-0.4, -0.2) is 25.2 Å². The fourth-order valence-corrected chi connectivity index (χ4v) is 1.88. The van der Waals surface area contributed by atoms with Gasteiger partial charge in [0.25, 0.3) is 0 Å². The molecule has 0 heterocycles. The normalized spacial score (nSPS) is 10.0. The Labute approximate surface area is 123 Å². The van der Waals surface area contributed by atoms with Gasteiger partial charge >= 0.3 is 0 Å². The van der Waals surface area contributed by atoms with Gasteiger partial charge in [-0.15, -0.1) is 0 Å². The van der Waals surface area contributed by atoms with Gasteiger partial charge in [-0.3, -0.25) is 4.79 Å². The number of phenolic OH excluding ortho intramolecular Hbond substituents is 1. The van der Waals surface area contributed by atoms with Crippen molar-refractivity contribution in [2.75, 3.05) is 19.5 Å². The number of nitrogens with one attached hydrogen (secondary N) is 1. The van der Waals surface area contributed by atoms with Crippen LogP contribution in [0.25, 0.3) is 0 Å². The lowest BCUT2D eigenvalue weighted by atomic mass is 10.1. The van der Waals surface area contributed by atoms with Crippen LogP contribution in [-0.2, 0) is 11.2 Å². The van der Waals surface area contributed by atoms with E-state index in [1.54, 1.807) is 56.7 Å². The van der Waals surface area contributed by atoms with Crippen LogP contribution in [0.1, 0.15) is 5.56 Å². The first kappa shape index (κ1) is 14.7. The van der Waals surface area contributed by atoms with E-state index in [4.69, 9.17) is 9.47 Å². The molecular weight excluding hydrogens is 270 g/mol. The molecular formula is C16H17NO4. The molecule has 21 heavy (non-hydrogen) atoms. The van der Waals surface area contributed by atoms with Crippen molar-refractivity contribution >= 4 is 11.6 Å². The molecule has 0 bridgehead atoms. The second-order valence-corrected chi connectivity index (χ2v) is 4.49. The summed E-state index contributed by atoms with van der Waals surface area (Å²) in [4.78, 5) is 12.0. The van der Waals surface area contributed by atoms with Crippen LogP contribution in [0.3, 0.4) is 0 Å². The van der Waals surface area contributed by atoms with Crippen LogP contribution < -0.4 is 14.8 Å². The lowest BCUT2D eigenvalue weighted by molar-refractivity contribution is -0.115. The van der Waals surface area contributed by atoms with Crippen LogP contribution in [0.2, 0.25) is 0 Å². The van der Waals surface area contributed by atoms with E-state index in [9.17, 15) is 9.90 Å². The quantitative estimate of drug-likeness (QED) is 0.887. The third kappa shape index (κ3) is 4.14. The zero-order valence-electron chi connectivity index (χ0n) is 11.9. The van der Waals surface area contributed by atoms with Crippen molar-refractivity contribution in [2.45, 2.75) is 6.42 Å². The van der Waals surface area contributed by atoms with Crippen LogP contribution >= 0.6 is 0 Å². The topological polar surface area (TPSA) is 67.8 Å². The molecule has 5 heteroatoms. The Bertz CT molecular complexity index is 600. The molecule has 0 fully saturated rings. The van der Waals surface area contributed by atoms with Gasteiger partial charge in [0.05, 0.1) is 20.6 Å². The highest BCUT2D eigenvalue weighted by Gasteiger charge is 2.07. The van der Waals surface area contributed by atoms with E-state index in [0.29, 0.717) is 17.2 Å². The van der Waals surface area contributed by atoms with E-state index in [-0.39, 0.29) is 18.1 Å². The first-order valence-corrected chi connectivity index (χ1v) is 6.41. The number of ether oxygens (including phenoxy) is 2. The minimum atomic E-state index is -0.156. The Balaban J connectivity index is 2.06. The molecule has 2 rings (SSSR count). The Morgan fingerprint density at radius 2 is 1.62 bits per heavy atom. The van der Waals surface area contributed by atoms with Gasteiger partial charge in [-0.25, -0.2) is 0 Å².